The number of ether oxygens (including phenoxy) is 3. The summed E-state index contributed by atoms with van der Waals surface area (Å²) in [6, 6.07) is 19.8. The number of nitrogens with zero attached hydrogens (tertiary/aromatic N) is 1. The molecule has 1 atom stereocenters. The van der Waals surface area contributed by atoms with Crippen molar-refractivity contribution in [2.24, 2.45) is 5.92 Å². The Hall–Kier alpha value is -4.73. The van der Waals surface area contributed by atoms with E-state index in [0.717, 1.165) is 12.1 Å². The average molecular weight is 533 g/mol. The molecule has 0 bridgehead atoms. The van der Waals surface area contributed by atoms with E-state index in [1.807, 2.05) is 24.3 Å². The van der Waals surface area contributed by atoms with E-state index in [1.54, 1.807) is 54.5 Å². The summed E-state index contributed by atoms with van der Waals surface area (Å²) < 4.78 is 16.3. The van der Waals surface area contributed by atoms with Gasteiger partial charge in [0.25, 0.3) is 5.91 Å². The molecule has 1 fully saturated rings. The van der Waals surface area contributed by atoms with Crippen molar-refractivity contribution in [1.82, 2.24) is 5.43 Å². The fourth-order valence-electron chi connectivity index (χ4n) is 4.21. The molecular weight excluding hydrogens is 500 g/mol. The minimum Gasteiger partial charge on any atom is -0.497 e. The maximum atomic E-state index is 12.9. The molecule has 0 aromatic heterocycles. The Morgan fingerprint density at radius 2 is 1.72 bits per heavy atom. The molecule has 10 heteroatoms. The summed E-state index contributed by atoms with van der Waals surface area (Å²) in [5.41, 5.74) is 8.47. The number of hydrogen-bond acceptors (Lipinski definition) is 7. The second kappa shape index (κ2) is 12.7. The second-order valence-corrected chi connectivity index (χ2v) is 8.94. The first kappa shape index (κ1) is 27.3. The predicted octanol–water partition coefficient (Wildman–Crippen LogP) is 3.78. The van der Waals surface area contributed by atoms with Gasteiger partial charge >= 0.3 is 0 Å². The van der Waals surface area contributed by atoms with Crippen molar-refractivity contribution in [3.8, 4) is 17.2 Å². The summed E-state index contributed by atoms with van der Waals surface area (Å²) in [7, 11) is 3.05. The van der Waals surface area contributed by atoms with E-state index in [4.69, 9.17) is 14.2 Å². The van der Waals surface area contributed by atoms with Crippen molar-refractivity contribution < 1.29 is 28.6 Å². The van der Waals surface area contributed by atoms with Crippen LogP contribution in [0.5, 0.6) is 17.2 Å². The van der Waals surface area contributed by atoms with Gasteiger partial charge in [0.05, 0.1) is 25.8 Å². The highest BCUT2D eigenvalue weighted by molar-refractivity contribution is 6.00. The van der Waals surface area contributed by atoms with Crippen molar-refractivity contribution in [3.05, 3.63) is 72.3 Å². The fraction of sp³-hybridized carbons (Fsp3) is 0.276. The first-order valence-corrected chi connectivity index (χ1v) is 12.6. The first-order valence-electron chi connectivity index (χ1n) is 12.6. The summed E-state index contributed by atoms with van der Waals surface area (Å²) in [6.07, 6.45) is 1.02. The molecule has 0 spiro atoms. The van der Waals surface area contributed by atoms with Crippen molar-refractivity contribution in [2.45, 2.75) is 19.8 Å². The lowest BCUT2D eigenvalue weighted by molar-refractivity contribution is -0.125. The van der Waals surface area contributed by atoms with Crippen LogP contribution < -0.4 is 35.3 Å². The molecule has 10 nitrogen and oxygen atoms in total. The van der Waals surface area contributed by atoms with Gasteiger partial charge < -0.3 is 24.4 Å². The van der Waals surface area contributed by atoms with Gasteiger partial charge in [-0.2, -0.15) is 0 Å². The zero-order chi connectivity index (χ0) is 27.8. The summed E-state index contributed by atoms with van der Waals surface area (Å²) >= 11 is 0. The molecule has 39 heavy (non-hydrogen) atoms. The van der Waals surface area contributed by atoms with Crippen LogP contribution in [0.4, 0.5) is 17.1 Å². The minimum atomic E-state index is -0.527. The average Bonchev–Trinajstić information content (AvgIpc) is 3.36. The maximum absolute atomic E-state index is 12.9. The highest BCUT2D eigenvalue weighted by atomic mass is 16.5. The summed E-state index contributed by atoms with van der Waals surface area (Å²) in [4.78, 5) is 39.6. The van der Waals surface area contributed by atoms with E-state index in [1.165, 1.54) is 12.7 Å². The normalized spacial score (nSPS) is 14.5. The van der Waals surface area contributed by atoms with Crippen LogP contribution in [0.3, 0.4) is 0 Å². The fourth-order valence-corrected chi connectivity index (χ4v) is 4.21. The third-order valence-electron chi connectivity index (χ3n) is 6.39. The number of methoxy groups -OCH3 is 2. The lowest BCUT2D eigenvalue weighted by Crippen LogP contribution is -2.36. The number of amides is 3. The number of nitrogens with one attached hydrogen (secondary N) is 3. The number of para-hydroxylation sites is 1. The van der Waals surface area contributed by atoms with Gasteiger partial charge in [-0.3, -0.25) is 25.2 Å². The van der Waals surface area contributed by atoms with Crippen molar-refractivity contribution in [1.29, 1.82) is 0 Å². The molecule has 0 aliphatic carbocycles. The summed E-state index contributed by atoms with van der Waals surface area (Å²) in [5, 5.41) is 2.75. The monoisotopic (exact) mass is 532 g/mol. The van der Waals surface area contributed by atoms with Crippen LogP contribution in [0.15, 0.2) is 66.7 Å². The number of carbonyl (C=O) groups excluding carboxylic acids is 3. The highest BCUT2D eigenvalue weighted by Crippen LogP contribution is 2.35. The van der Waals surface area contributed by atoms with E-state index in [9.17, 15) is 14.4 Å². The van der Waals surface area contributed by atoms with Gasteiger partial charge in [-0.1, -0.05) is 25.1 Å². The molecule has 3 amide bonds. The Bertz CT molecular complexity index is 1310. The standard InChI is InChI=1S/C29H32N4O6/c1-4-19-8-12-22(13-9-19)33-17-20(16-27(33)35)29(36)32-31-24-6-5-7-25(38-3)28(24)39-18-26(34)30-21-10-14-23(37-2)15-11-21/h5-15,20,31H,4,16-18H2,1-3H3,(H,30,34)(H,32,36)/t20-/m1/s1. The van der Waals surface area contributed by atoms with Gasteiger partial charge in [0.1, 0.15) is 5.75 Å². The number of anilines is 3. The van der Waals surface area contributed by atoms with Gasteiger partial charge in [0.15, 0.2) is 18.1 Å². The predicted molar refractivity (Wildman–Crippen MR) is 148 cm³/mol. The van der Waals surface area contributed by atoms with Crippen LogP contribution in [0.2, 0.25) is 0 Å². The van der Waals surface area contributed by atoms with Gasteiger partial charge in [-0.25, -0.2) is 0 Å². The molecule has 0 radical (unpaired) electrons. The Balaban J connectivity index is 1.35. The number of benzene rings is 3. The Morgan fingerprint density at radius 1 is 0.974 bits per heavy atom. The quantitative estimate of drug-likeness (QED) is 0.322. The molecule has 0 saturated carbocycles. The Labute approximate surface area is 227 Å². The zero-order valence-electron chi connectivity index (χ0n) is 22.2. The minimum absolute atomic E-state index is 0.104. The lowest BCUT2D eigenvalue weighted by Gasteiger charge is -2.19. The van der Waals surface area contributed by atoms with E-state index in [0.29, 0.717) is 22.9 Å². The molecule has 1 saturated heterocycles. The number of aryl methyl sites for hydroxylation is 1. The summed E-state index contributed by atoms with van der Waals surface area (Å²) in [6.45, 7) is 2.06. The van der Waals surface area contributed by atoms with Crippen LogP contribution in [0.1, 0.15) is 18.9 Å². The van der Waals surface area contributed by atoms with Gasteiger partial charge in [-0.15, -0.1) is 0 Å². The maximum Gasteiger partial charge on any atom is 0.262 e. The van der Waals surface area contributed by atoms with E-state index < -0.39 is 5.92 Å². The highest BCUT2D eigenvalue weighted by Gasteiger charge is 2.35. The molecule has 3 aromatic rings. The third-order valence-corrected chi connectivity index (χ3v) is 6.39. The van der Waals surface area contributed by atoms with E-state index in [2.05, 4.69) is 23.1 Å². The summed E-state index contributed by atoms with van der Waals surface area (Å²) in [5.74, 6) is -0.0284. The van der Waals surface area contributed by atoms with E-state index in [-0.39, 0.29) is 43.0 Å². The molecule has 1 aliphatic rings. The van der Waals surface area contributed by atoms with Crippen LogP contribution in [-0.4, -0.2) is 45.1 Å². The first-order chi connectivity index (χ1) is 18.9. The molecule has 1 heterocycles. The van der Waals surface area contributed by atoms with Crippen LogP contribution in [0.25, 0.3) is 0 Å². The number of hydrogen-bond donors (Lipinski definition) is 3. The van der Waals surface area contributed by atoms with Crippen LogP contribution in [0, 0.1) is 5.92 Å². The molecule has 1 aliphatic heterocycles. The third kappa shape index (κ3) is 6.78. The van der Waals surface area contributed by atoms with Crippen LogP contribution in [-0.2, 0) is 20.8 Å². The Kier molecular flexibility index (Phi) is 8.88. The van der Waals surface area contributed by atoms with E-state index >= 15 is 0 Å². The van der Waals surface area contributed by atoms with Crippen LogP contribution >= 0.6 is 0 Å². The molecule has 4 rings (SSSR count). The molecule has 0 unspecified atom stereocenters. The van der Waals surface area contributed by atoms with Gasteiger partial charge in [-0.05, 0) is 60.5 Å². The molecular formula is C29H32N4O6. The smallest absolute Gasteiger partial charge is 0.262 e. The van der Waals surface area contributed by atoms with Crippen molar-refractivity contribution in [3.63, 3.8) is 0 Å². The number of carbonyl (C=O) groups is 3. The number of rotatable bonds is 11. The van der Waals surface area contributed by atoms with Gasteiger partial charge in [0, 0.05) is 24.3 Å². The Morgan fingerprint density at radius 3 is 2.38 bits per heavy atom. The number of hydrazine groups is 1. The lowest BCUT2D eigenvalue weighted by atomic mass is 10.1. The van der Waals surface area contributed by atoms with Crippen molar-refractivity contribution >= 4 is 34.8 Å². The molecule has 3 aromatic carbocycles. The zero-order valence-corrected chi connectivity index (χ0v) is 22.2. The van der Waals surface area contributed by atoms with Gasteiger partial charge in [0.2, 0.25) is 11.8 Å². The van der Waals surface area contributed by atoms with Crippen molar-refractivity contribution in [2.75, 3.05) is 43.0 Å². The second-order valence-electron chi connectivity index (χ2n) is 8.94. The topological polar surface area (TPSA) is 118 Å². The molecule has 3 N–H and O–H groups in total. The molecule has 204 valence electrons. The largest absolute Gasteiger partial charge is 0.497 e. The SMILES string of the molecule is CCc1ccc(N2C[C@H](C(=O)NNc3cccc(OC)c3OCC(=O)Nc3ccc(OC)cc3)CC2=O)cc1.